The molecule has 5 nitrogen and oxygen atoms in total. The minimum Gasteiger partial charge on any atom is -0.385 e. The number of likely N-dealkylation sites (tertiary alicyclic amines) is 1. The van der Waals surface area contributed by atoms with Crippen LogP contribution in [-0.4, -0.2) is 40.4 Å². The quantitative estimate of drug-likeness (QED) is 0.863. The van der Waals surface area contributed by atoms with Crippen molar-refractivity contribution in [1.82, 2.24) is 10.2 Å². The average molecular weight is 342 g/mol. The van der Waals surface area contributed by atoms with E-state index in [1.165, 1.54) is 0 Å². The van der Waals surface area contributed by atoms with Gasteiger partial charge in [0.1, 0.15) is 6.04 Å². The van der Waals surface area contributed by atoms with Gasteiger partial charge in [-0.2, -0.15) is 0 Å². The van der Waals surface area contributed by atoms with Crippen molar-refractivity contribution < 1.29 is 14.7 Å². The molecule has 0 spiro atoms. The Kier molecular flexibility index (Phi) is 4.28. The van der Waals surface area contributed by atoms with E-state index in [2.05, 4.69) is 5.32 Å². The lowest BCUT2D eigenvalue weighted by atomic mass is 9.66. The molecule has 0 aromatic heterocycles. The third-order valence-corrected chi connectivity index (χ3v) is 6.33. The van der Waals surface area contributed by atoms with Gasteiger partial charge in [-0.15, -0.1) is 0 Å². The molecule has 2 aliphatic heterocycles. The van der Waals surface area contributed by atoms with Crippen molar-refractivity contribution in [2.75, 3.05) is 6.54 Å². The molecule has 1 aromatic rings. The van der Waals surface area contributed by atoms with Crippen LogP contribution in [0.3, 0.4) is 0 Å². The monoisotopic (exact) mass is 342 g/mol. The highest BCUT2D eigenvalue weighted by molar-refractivity contribution is 5.91. The van der Waals surface area contributed by atoms with Crippen LogP contribution in [0.4, 0.5) is 0 Å². The van der Waals surface area contributed by atoms with E-state index in [-0.39, 0.29) is 29.8 Å². The number of nitrogens with zero attached hydrogens (tertiary/aromatic N) is 1. The molecule has 4 rings (SSSR count). The second kappa shape index (κ2) is 6.45. The fraction of sp³-hybridized carbons (Fsp3) is 0.600. The maximum absolute atomic E-state index is 13.0. The van der Waals surface area contributed by atoms with E-state index in [1.54, 1.807) is 0 Å². The van der Waals surface area contributed by atoms with Crippen LogP contribution < -0.4 is 5.32 Å². The molecule has 25 heavy (non-hydrogen) atoms. The summed E-state index contributed by atoms with van der Waals surface area (Å²) in [5.74, 6) is 0.0765. The molecule has 0 bridgehead atoms. The summed E-state index contributed by atoms with van der Waals surface area (Å²) in [7, 11) is 0. The van der Waals surface area contributed by atoms with Gasteiger partial charge in [-0.3, -0.25) is 9.59 Å². The Balaban J connectivity index is 1.60. The van der Waals surface area contributed by atoms with E-state index >= 15 is 0 Å². The van der Waals surface area contributed by atoms with Crippen LogP contribution in [0.1, 0.15) is 50.5 Å². The number of rotatable bonds is 2. The maximum atomic E-state index is 13.0. The summed E-state index contributed by atoms with van der Waals surface area (Å²) >= 11 is 0. The summed E-state index contributed by atoms with van der Waals surface area (Å²) in [6.07, 6.45) is 5.65. The summed E-state index contributed by atoms with van der Waals surface area (Å²) < 4.78 is 0. The third-order valence-electron chi connectivity index (χ3n) is 6.33. The zero-order valence-corrected chi connectivity index (χ0v) is 14.5. The number of carbonyl (C=O) groups is 2. The highest BCUT2D eigenvalue weighted by Crippen LogP contribution is 2.47. The number of hydrogen-bond donors (Lipinski definition) is 2. The van der Waals surface area contributed by atoms with Crippen molar-refractivity contribution in [1.29, 1.82) is 0 Å². The molecule has 1 aromatic carbocycles. The Hall–Kier alpha value is -1.88. The van der Waals surface area contributed by atoms with Crippen LogP contribution >= 0.6 is 0 Å². The molecule has 1 aliphatic carbocycles. The predicted octanol–water partition coefficient (Wildman–Crippen LogP) is 1.94. The molecule has 3 fully saturated rings. The summed E-state index contributed by atoms with van der Waals surface area (Å²) in [5.41, 5.74) is 0.107. The Labute approximate surface area is 148 Å². The van der Waals surface area contributed by atoms with Gasteiger partial charge in [-0.1, -0.05) is 43.2 Å². The average Bonchev–Trinajstić information content (AvgIpc) is 3.09. The molecular weight excluding hydrogens is 316 g/mol. The van der Waals surface area contributed by atoms with Crippen LogP contribution in [0.5, 0.6) is 0 Å². The number of fused-ring (bicyclic) bond motifs is 1. The van der Waals surface area contributed by atoms with Crippen molar-refractivity contribution in [2.24, 2.45) is 5.92 Å². The third kappa shape index (κ3) is 2.84. The van der Waals surface area contributed by atoms with E-state index in [4.69, 9.17) is 0 Å². The first-order chi connectivity index (χ1) is 12.1. The Bertz CT molecular complexity index is 662. The molecule has 2 heterocycles. The maximum Gasteiger partial charge on any atom is 0.245 e. The summed E-state index contributed by atoms with van der Waals surface area (Å²) in [6.45, 7) is 0.553. The number of nitrogens with one attached hydrogen (secondary N) is 1. The first-order valence-corrected chi connectivity index (χ1v) is 9.47. The van der Waals surface area contributed by atoms with Gasteiger partial charge < -0.3 is 15.3 Å². The summed E-state index contributed by atoms with van der Waals surface area (Å²) in [5, 5.41) is 14.3. The second-order valence-corrected chi connectivity index (χ2v) is 7.69. The van der Waals surface area contributed by atoms with E-state index in [1.807, 2.05) is 35.2 Å². The van der Waals surface area contributed by atoms with Crippen LogP contribution in [0.25, 0.3) is 0 Å². The SMILES string of the molecule is O=C1CCC(C(=O)N2CCC(O)(c3ccccc3)[C@@H]3CCCC[C@@H]32)N1. The number of amides is 2. The highest BCUT2D eigenvalue weighted by Gasteiger charge is 2.51. The Morgan fingerprint density at radius 2 is 1.92 bits per heavy atom. The van der Waals surface area contributed by atoms with Gasteiger partial charge in [0, 0.05) is 24.9 Å². The van der Waals surface area contributed by atoms with Gasteiger partial charge in [0.2, 0.25) is 11.8 Å². The van der Waals surface area contributed by atoms with Crippen molar-refractivity contribution in [2.45, 2.75) is 62.6 Å². The zero-order valence-electron chi connectivity index (χ0n) is 14.5. The fourth-order valence-corrected chi connectivity index (χ4v) is 5.04. The van der Waals surface area contributed by atoms with Crippen LogP contribution in [0.2, 0.25) is 0 Å². The lowest BCUT2D eigenvalue weighted by Gasteiger charge is -2.53. The lowest BCUT2D eigenvalue weighted by Crippen LogP contribution is -2.61. The molecule has 4 atom stereocenters. The Morgan fingerprint density at radius 3 is 2.64 bits per heavy atom. The summed E-state index contributed by atoms with van der Waals surface area (Å²) in [6, 6.07) is 9.59. The lowest BCUT2D eigenvalue weighted by molar-refractivity contribution is -0.156. The van der Waals surface area contributed by atoms with Crippen molar-refractivity contribution in [3.63, 3.8) is 0 Å². The normalized spacial score (nSPS) is 35.2. The molecule has 5 heteroatoms. The molecule has 2 saturated heterocycles. The van der Waals surface area contributed by atoms with Crippen LogP contribution in [0.15, 0.2) is 30.3 Å². The second-order valence-electron chi connectivity index (χ2n) is 7.69. The van der Waals surface area contributed by atoms with Gasteiger partial charge >= 0.3 is 0 Å². The molecule has 134 valence electrons. The van der Waals surface area contributed by atoms with Crippen molar-refractivity contribution >= 4 is 11.8 Å². The van der Waals surface area contributed by atoms with Gasteiger partial charge in [-0.05, 0) is 31.2 Å². The van der Waals surface area contributed by atoms with Crippen LogP contribution in [0, 0.1) is 5.92 Å². The number of hydrogen-bond acceptors (Lipinski definition) is 3. The molecule has 0 radical (unpaired) electrons. The van der Waals surface area contributed by atoms with Crippen molar-refractivity contribution in [3.8, 4) is 0 Å². The number of carbonyl (C=O) groups excluding carboxylic acids is 2. The topological polar surface area (TPSA) is 69.6 Å². The van der Waals surface area contributed by atoms with E-state index in [0.29, 0.717) is 25.8 Å². The fourth-order valence-electron chi connectivity index (χ4n) is 5.04. The smallest absolute Gasteiger partial charge is 0.245 e. The van der Waals surface area contributed by atoms with E-state index in [9.17, 15) is 14.7 Å². The molecule has 2 N–H and O–H groups in total. The van der Waals surface area contributed by atoms with Gasteiger partial charge in [0.05, 0.1) is 5.60 Å². The zero-order chi connectivity index (χ0) is 17.4. The van der Waals surface area contributed by atoms with Gasteiger partial charge in [0.25, 0.3) is 0 Å². The number of aliphatic hydroxyl groups is 1. The minimum atomic E-state index is -0.859. The molecular formula is C20H26N2O3. The van der Waals surface area contributed by atoms with Crippen molar-refractivity contribution in [3.05, 3.63) is 35.9 Å². The van der Waals surface area contributed by atoms with E-state index in [0.717, 1.165) is 31.2 Å². The van der Waals surface area contributed by atoms with Crippen LogP contribution in [-0.2, 0) is 15.2 Å². The first-order valence-electron chi connectivity index (χ1n) is 9.47. The standard InChI is InChI=1S/C20H26N2O3/c23-18-11-10-16(21-18)19(24)22-13-12-20(25,14-6-2-1-3-7-14)15-8-4-5-9-17(15)22/h1-3,6-7,15-17,25H,4-5,8-13H2,(H,21,23)/t15-,16?,17+,20?/m1/s1. The van der Waals surface area contributed by atoms with Gasteiger partial charge in [0.15, 0.2) is 0 Å². The molecule has 3 aliphatic rings. The summed E-state index contributed by atoms with van der Waals surface area (Å²) in [4.78, 5) is 26.4. The molecule has 2 amide bonds. The van der Waals surface area contributed by atoms with Gasteiger partial charge in [-0.25, -0.2) is 0 Å². The molecule has 1 saturated carbocycles. The largest absolute Gasteiger partial charge is 0.385 e. The number of piperidine rings is 1. The highest BCUT2D eigenvalue weighted by atomic mass is 16.3. The molecule has 2 unspecified atom stereocenters. The Morgan fingerprint density at radius 1 is 1.16 bits per heavy atom. The van der Waals surface area contributed by atoms with E-state index < -0.39 is 5.60 Å². The predicted molar refractivity (Wildman–Crippen MR) is 93.6 cm³/mol. The first kappa shape index (κ1) is 16.6. The number of benzene rings is 1. The minimum absolute atomic E-state index is 0.0312.